The molecule has 28 heavy (non-hydrogen) atoms. The summed E-state index contributed by atoms with van der Waals surface area (Å²) in [5, 5.41) is 19.0. The summed E-state index contributed by atoms with van der Waals surface area (Å²) in [4.78, 5) is 0. The molecule has 0 spiro atoms. The van der Waals surface area contributed by atoms with Crippen LogP contribution < -0.4 is 0 Å². The Bertz CT molecular complexity index is 1190. The predicted molar refractivity (Wildman–Crippen MR) is 112 cm³/mol. The molecule has 0 aliphatic rings. The summed E-state index contributed by atoms with van der Waals surface area (Å²) >= 11 is 0. The Morgan fingerprint density at radius 1 is 0.429 bits per heavy atom. The van der Waals surface area contributed by atoms with Crippen LogP contribution in [-0.4, -0.2) is 0 Å². The van der Waals surface area contributed by atoms with Crippen molar-refractivity contribution in [1.29, 1.82) is 10.5 Å². The monoisotopic (exact) mass is 356 g/mol. The van der Waals surface area contributed by atoms with Gasteiger partial charge in [-0.05, 0) is 52.1 Å². The minimum absolute atomic E-state index is 0.509. The molecule has 0 saturated heterocycles. The normalized spacial score (nSPS) is 10.1. The fourth-order valence-corrected chi connectivity index (χ4v) is 3.41. The van der Waals surface area contributed by atoms with Crippen LogP contribution in [0.15, 0.2) is 97.1 Å². The zero-order valence-corrected chi connectivity index (χ0v) is 15.1. The van der Waals surface area contributed by atoms with Crippen molar-refractivity contribution in [1.82, 2.24) is 0 Å². The molecule has 0 atom stereocenters. The van der Waals surface area contributed by atoms with E-state index in [2.05, 4.69) is 48.5 Å². The summed E-state index contributed by atoms with van der Waals surface area (Å²) < 4.78 is 0. The summed E-state index contributed by atoms with van der Waals surface area (Å²) in [7, 11) is 0. The van der Waals surface area contributed by atoms with Crippen LogP contribution in [0.5, 0.6) is 0 Å². The van der Waals surface area contributed by atoms with E-state index >= 15 is 0 Å². The summed E-state index contributed by atoms with van der Waals surface area (Å²) in [5.74, 6) is 0. The molecule has 130 valence electrons. The van der Waals surface area contributed by atoms with Gasteiger partial charge < -0.3 is 0 Å². The Hall–Kier alpha value is -4.14. The molecule has 0 unspecified atom stereocenters. The number of benzene rings is 4. The molecule has 4 aromatic rings. The van der Waals surface area contributed by atoms with Gasteiger partial charge in [0.15, 0.2) is 0 Å². The fourth-order valence-electron chi connectivity index (χ4n) is 3.41. The van der Waals surface area contributed by atoms with Gasteiger partial charge in [-0.15, -0.1) is 0 Å². The standard InChI is InChI=1S/C26H16N2/c27-17-24-13-6-14-25(18-28)26(24)23-12-5-11-22(16-23)21-10-4-9-20(15-21)19-7-2-1-3-8-19/h1-16H. The highest BCUT2D eigenvalue weighted by atomic mass is 14.3. The van der Waals surface area contributed by atoms with Crippen LogP contribution in [0.1, 0.15) is 11.1 Å². The van der Waals surface area contributed by atoms with E-state index < -0.39 is 0 Å². The minimum atomic E-state index is 0.509. The lowest BCUT2D eigenvalue weighted by atomic mass is 9.92. The molecule has 0 heterocycles. The first-order chi connectivity index (χ1) is 13.8. The second-order valence-electron chi connectivity index (χ2n) is 6.48. The van der Waals surface area contributed by atoms with Crippen molar-refractivity contribution >= 4 is 0 Å². The smallest absolute Gasteiger partial charge is 0.0998 e. The third kappa shape index (κ3) is 3.28. The number of nitrogens with zero attached hydrogens (tertiary/aromatic N) is 2. The lowest BCUT2D eigenvalue weighted by molar-refractivity contribution is 1.44. The van der Waals surface area contributed by atoms with Gasteiger partial charge in [0.1, 0.15) is 0 Å². The molecule has 0 aromatic heterocycles. The molecular weight excluding hydrogens is 340 g/mol. The maximum absolute atomic E-state index is 9.49. The molecule has 0 saturated carbocycles. The van der Waals surface area contributed by atoms with Crippen molar-refractivity contribution in [2.75, 3.05) is 0 Å². The van der Waals surface area contributed by atoms with Gasteiger partial charge in [-0.1, -0.05) is 72.8 Å². The molecule has 0 aliphatic heterocycles. The highest BCUT2D eigenvalue weighted by Gasteiger charge is 2.11. The minimum Gasteiger partial charge on any atom is -0.192 e. The van der Waals surface area contributed by atoms with E-state index in [1.54, 1.807) is 18.2 Å². The molecule has 0 aliphatic carbocycles. The van der Waals surface area contributed by atoms with Crippen LogP contribution in [0.2, 0.25) is 0 Å². The first kappa shape index (κ1) is 17.3. The highest BCUT2D eigenvalue weighted by Crippen LogP contribution is 2.32. The maximum atomic E-state index is 9.49. The molecule has 4 rings (SSSR count). The molecule has 2 nitrogen and oxygen atoms in total. The van der Waals surface area contributed by atoms with Crippen molar-refractivity contribution in [3.8, 4) is 45.5 Å². The third-order valence-electron chi connectivity index (χ3n) is 4.76. The van der Waals surface area contributed by atoms with E-state index in [0.29, 0.717) is 16.7 Å². The zero-order valence-electron chi connectivity index (χ0n) is 15.1. The van der Waals surface area contributed by atoms with E-state index in [1.807, 2.05) is 42.5 Å². The molecule has 0 fully saturated rings. The zero-order chi connectivity index (χ0) is 19.3. The largest absolute Gasteiger partial charge is 0.192 e. The van der Waals surface area contributed by atoms with E-state index in [9.17, 15) is 10.5 Å². The number of hydrogen-bond donors (Lipinski definition) is 0. The topological polar surface area (TPSA) is 47.6 Å². The average molecular weight is 356 g/mol. The van der Waals surface area contributed by atoms with Crippen LogP contribution in [-0.2, 0) is 0 Å². The SMILES string of the molecule is N#Cc1cccc(C#N)c1-c1cccc(-c2cccc(-c3ccccc3)c2)c1. The Morgan fingerprint density at radius 3 is 1.43 bits per heavy atom. The summed E-state index contributed by atoms with van der Waals surface area (Å²) in [6.45, 7) is 0. The molecule has 0 radical (unpaired) electrons. The lowest BCUT2D eigenvalue weighted by Gasteiger charge is -2.10. The molecule has 0 bridgehead atoms. The van der Waals surface area contributed by atoms with Crippen LogP contribution >= 0.6 is 0 Å². The first-order valence-electron chi connectivity index (χ1n) is 8.99. The van der Waals surface area contributed by atoms with Gasteiger partial charge in [-0.3, -0.25) is 0 Å². The van der Waals surface area contributed by atoms with E-state index in [0.717, 1.165) is 22.3 Å². The lowest BCUT2D eigenvalue weighted by Crippen LogP contribution is -1.90. The summed E-state index contributed by atoms with van der Waals surface area (Å²) in [6, 6.07) is 36.3. The third-order valence-corrected chi connectivity index (χ3v) is 4.76. The van der Waals surface area contributed by atoms with Gasteiger partial charge in [-0.25, -0.2) is 0 Å². The molecule has 0 amide bonds. The van der Waals surface area contributed by atoms with Gasteiger partial charge in [0.05, 0.1) is 23.3 Å². The van der Waals surface area contributed by atoms with Crippen LogP contribution in [0.4, 0.5) is 0 Å². The first-order valence-corrected chi connectivity index (χ1v) is 8.99. The Kier molecular flexibility index (Phi) is 4.70. The van der Waals surface area contributed by atoms with E-state index in [-0.39, 0.29) is 0 Å². The van der Waals surface area contributed by atoms with Gasteiger partial charge in [-0.2, -0.15) is 10.5 Å². The quantitative estimate of drug-likeness (QED) is 0.424. The van der Waals surface area contributed by atoms with Gasteiger partial charge >= 0.3 is 0 Å². The van der Waals surface area contributed by atoms with Crippen LogP contribution in [0.25, 0.3) is 33.4 Å². The van der Waals surface area contributed by atoms with Gasteiger partial charge in [0.2, 0.25) is 0 Å². The Balaban J connectivity index is 1.82. The van der Waals surface area contributed by atoms with Crippen molar-refractivity contribution in [2.24, 2.45) is 0 Å². The van der Waals surface area contributed by atoms with Crippen molar-refractivity contribution in [2.45, 2.75) is 0 Å². The van der Waals surface area contributed by atoms with Crippen molar-refractivity contribution < 1.29 is 0 Å². The number of nitriles is 2. The van der Waals surface area contributed by atoms with Gasteiger partial charge in [0.25, 0.3) is 0 Å². The van der Waals surface area contributed by atoms with Crippen LogP contribution in [0, 0.1) is 22.7 Å². The van der Waals surface area contributed by atoms with Crippen molar-refractivity contribution in [3.05, 3.63) is 108 Å². The predicted octanol–water partition coefficient (Wildman–Crippen LogP) is 6.43. The second-order valence-corrected chi connectivity index (χ2v) is 6.48. The molecule has 4 aromatic carbocycles. The van der Waals surface area contributed by atoms with Crippen molar-refractivity contribution in [3.63, 3.8) is 0 Å². The maximum Gasteiger partial charge on any atom is 0.0998 e. The number of rotatable bonds is 3. The molecule has 2 heteroatoms. The van der Waals surface area contributed by atoms with E-state index in [1.165, 1.54) is 5.56 Å². The van der Waals surface area contributed by atoms with Crippen LogP contribution in [0.3, 0.4) is 0 Å². The van der Waals surface area contributed by atoms with Gasteiger partial charge in [0, 0.05) is 5.56 Å². The molecular formula is C26H16N2. The summed E-state index contributed by atoms with van der Waals surface area (Å²) in [5.41, 5.74) is 7.04. The Labute approximate surface area is 164 Å². The Morgan fingerprint density at radius 2 is 0.857 bits per heavy atom. The number of hydrogen-bond acceptors (Lipinski definition) is 2. The molecule has 0 N–H and O–H groups in total. The summed E-state index contributed by atoms with van der Waals surface area (Å²) in [6.07, 6.45) is 0. The highest BCUT2D eigenvalue weighted by molar-refractivity contribution is 5.81. The average Bonchev–Trinajstić information content (AvgIpc) is 2.79. The second kappa shape index (κ2) is 7.62. The fraction of sp³-hybridized carbons (Fsp3) is 0. The van der Waals surface area contributed by atoms with E-state index in [4.69, 9.17) is 0 Å².